The summed E-state index contributed by atoms with van der Waals surface area (Å²) >= 11 is 0. The molecule has 0 radical (unpaired) electrons. The molecule has 4 rings (SSSR count). The van der Waals surface area contributed by atoms with E-state index in [4.69, 9.17) is 14.2 Å². The second-order valence-electron chi connectivity index (χ2n) is 16.1. The van der Waals surface area contributed by atoms with Crippen molar-refractivity contribution in [1.29, 1.82) is 0 Å². The summed E-state index contributed by atoms with van der Waals surface area (Å²) in [6.07, 6.45) is -4.05. The van der Waals surface area contributed by atoms with Crippen LogP contribution < -0.4 is 0 Å². The van der Waals surface area contributed by atoms with Crippen molar-refractivity contribution in [2.75, 3.05) is 6.61 Å². The fraction of sp³-hybridized carbons (Fsp3) is 0.535. The number of benzene rings is 2. The minimum Gasteiger partial charge on any atom is -0.465 e. The highest BCUT2D eigenvalue weighted by Gasteiger charge is 2.74. The lowest BCUT2D eigenvalue weighted by Gasteiger charge is -2.60. The van der Waals surface area contributed by atoms with E-state index in [0.29, 0.717) is 6.42 Å². The van der Waals surface area contributed by atoms with E-state index in [1.165, 1.54) is 13.8 Å². The summed E-state index contributed by atoms with van der Waals surface area (Å²) in [5.74, 6) is -4.89. The maximum Gasteiger partial charge on any atom is 0.338 e. The molecule has 0 amide bonds. The number of hydrogen-bond donors (Lipinski definition) is 3. The van der Waals surface area contributed by atoms with Gasteiger partial charge in [-0.3, -0.25) is 14.4 Å². The van der Waals surface area contributed by atoms with Gasteiger partial charge < -0.3 is 29.5 Å². The van der Waals surface area contributed by atoms with Crippen LogP contribution >= 0.6 is 0 Å². The molecule has 3 N–H and O–H groups in total. The van der Waals surface area contributed by atoms with Crippen molar-refractivity contribution >= 4 is 23.7 Å². The molecule has 2 aromatic carbocycles. The van der Waals surface area contributed by atoms with Crippen molar-refractivity contribution in [3.05, 3.63) is 95.6 Å². The van der Waals surface area contributed by atoms with E-state index in [-0.39, 0.29) is 29.7 Å². The molecule has 0 bridgehead atoms. The SMILES string of the molecule is C=C(C)[C@@]1(O)[C@H](O)[C@H]([C@@H]2C[C@]2(COC(C)=O)[C@@H](OC(C)=O)[C@H](O)C(=O)/C(C)=C\C)[C@](C)(CC(C)(C)c2ccccc2)[C@H](C)[C@H]1OC(=O)c1ccccc1. The Labute approximate surface area is 313 Å². The zero-order chi connectivity index (χ0) is 39.7. The van der Waals surface area contributed by atoms with E-state index in [1.807, 2.05) is 44.2 Å². The lowest BCUT2D eigenvalue weighted by atomic mass is 9.48. The molecule has 0 saturated heterocycles. The molecular weight excluding hydrogens is 676 g/mol. The van der Waals surface area contributed by atoms with Gasteiger partial charge in [-0.25, -0.2) is 4.79 Å². The lowest BCUT2D eigenvalue weighted by Crippen LogP contribution is -2.70. The minimum atomic E-state index is -2.16. The second-order valence-corrected chi connectivity index (χ2v) is 16.1. The number of carbonyl (C=O) groups excluding carboxylic acids is 4. The quantitative estimate of drug-likeness (QED) is 0.0923. The number of aliphatic hydroxyl groups excluding tert-OH is 2. The van der Waals surface area contributed by atoms with Gasteiger partial charge >= 0.3 is 17.9 Å². The number of rotatable bonds is 14. The molecule has 10 nitrogen and oxygen atoms in total. The van der Waals surface area contributed by atoms with Crippen molar-refractivity contribution in [1.82, 2.24) is 0 Å². The van der Waals surface area contributed by atoms with E-state index in [1.54, 1.807) is 57.2 Å². The summed E-state index contributed by atoms with van der Waals surface area (Å²) in [6.45, 7) is 18.9. The highest BCUT2D eigenvalue weighted by atomic mass is 16.6. The largest absolute Gasteiger partial charge is 0.465 e. The van der Waals surface area contributed by atoms with E-state index < -0.39 is 87.7 Å². The topological polar surface area (TPSA) is 157 Å². The number of aliphatic hydroxyl groups is 3. The molecule has 2 saturated carbocycles. The Balaban J connectivity index is 1.95. The average Bonchev–Trinajstić information content (AvgIpc) is 3.84. The van der Waals surface area contributed by atoms with Crippen LogP contribution in [-0.2, 0) is 34.0 Å². The smallest absolute Gasteiger partial charge is 0.338 e. The zero-order valence-corrected chi connectivity index (χ0v) is 32.4. The maximum atomic E-state index is 13.7. The first-order valence-corrected chi connectivity index (χ1v) is 18.2. The lowest BCUT2D eigenvalue weighted by molar-refractivity contribution is -0.239. The number of ether oxygens (including phenoxy) is 3. The Morgan fingerprint density at radius 1 is 0.981 bits per heavy atom. The number of hydrogen-bond acceptors (Lipinski definition) is 10. The van der Waals surface area contributed by atoms with E-state index >= 15 is 0 Å². The number of carbonyl (C=O) groups is 4. The van der Waals surface area contributed by atoms with Gasteiger partial charge in [0.1, 0.15) is 24.4 Å². The maximum absolute atomic E-state index is 13.7. The predicted octanol–water partition coefficient (Wildman–Crippen LogP) is 5.92. The molecule has 2 aliphatic carbocycles. The molecule has 288 valence electrons. The van der Waals surface area contributed by atoms with Gasteiger partial charge in [0.15, 0.2) is 11.9 Å². The Morgan fingerprint density at radius 2 is 1.55 bits per heavy atom. The van der Waals surface area contributed by atoms with Gasteiger partial charge in [-0.05, 0) is 85.1 Å². The van der Waals surface area contributed by atoms with Crippen LogP contribution in [0.3, 0.4) is 0 Å². The molecular formula is C43H56O10. The molecule has 0 spiro atoms. The third-order valence-corrected chi connectivity index (χ3v) is 12.2. The number of allylic oxidation sites excluding steroid dienone is 1. The van der Waals surface area contributed by atoms with E-state index in [9.17, 15) is 34.5 Å². The summed E-state index contributed by atoms with van der Waals surface area (Å²) in [5, 5.41) is 37.1. The second kappa shape index (κ2) is 15.7. The van der Waals surface area contributed by atoms with Crippen LogP contribution in [0.2, 0.25) is 0 Å². The molecule has 2 fully saturated rings. The van der Waals surface area contributed by atoms with Crippen LogP contribution in [-0.4, -0.2) is 75.6 Å². The van der Waals surface area contributed by atoms with Crippen LogP contribution in [0.1, 0.15) is 91.1 Å². The molecule has 10 heteroatoms. The first-order chi connectivity index (χ1) is 24.7. The number of esters is 3. The van der Waals surface area contributed by atoms with E-state index in [0.717, 1.165) is 5.56 Å². The predicted molar refractivity (Wildman–Crippen MR) is 199 cm³/mol. The summed E-state index contributed by atoms with van der Waals surface area (Å²) in [7, 11) is 0. The van der Waals surface area contributed by atoms with Gasteiger partial charge in [0.2, 0.25) is 0 Å². The van der Waals surface area contributed by atoms with Gasteiger partial charge in [-0.1, -0.05) is 88.9 Å². The summed E-state index contributed by atoms with van der Waals surface area (Å²) in [4.78, 5) is 52.1. The highest BCUT2D eigenvalue weighted by molar-refractivity contribution is 5.98. The number of ketones is 1. The van der Waals surface area contributed by atoms with Gasteiger partial charge in [-0.2, -0.15) is 0 Å². The zero-order valence-electron chi connectivity index (χ0n) is 32.4. The molecule has 0 unspecified atom stereocenters. The molecule has 0 aromatic heterocycles. The van der Waals surface area contributed by atoms with Crippen molar-refractivity contribution < 1.29 is 48.7 Å². The monoisotopic (exact) mass is 732 g/mol. The summed E-state index contributed by atoms with van der Waals surface area (Å²) in [6, 6.07) is 18.2. The van der Waals surface area contributed by atoms with Gasteiger partial charge in [0.25, 0.3) is 0 Å². The highest BCUT2D eigenvalue weighted by Crippen LogP contribution is 2.70. The molecule has 0 heterocycles. The normalized spacial score (nSPS) is 31.1. The Morgan fingerprint density at radius 3 is 2.06 bits per heavy atom. The van der Waals surface area contributed by atoms with Crippen molar-refractivity contribution in [2.45, 2.75) is 111 Å². The van der Waals surface area contributed by atoms with Crippen LogP contribution in [0.25, 0.3) is 0 Å². The third kappa shape index (κ3) is 7.91. The Bertz CT molecular complexity index is 1720. The average molecular weight is 733 g/mol. The van der Waals surface area contributed by atoms with Crippen LogP contribution in [0.4, 0.5) is 0 Å². The Hall–Kier alpha value is -4.12. The first-order valence-electron chi connectivity index (χ1n) is 18.2. The van der Waals surface area contributed by atoms with Crippen LogP contribution in [0.15, 0.2) is 84.5 Å². The molecule has 10 atom stereocenters. The van der Waals surface area contributed by atoms with Gasteiger partial charge in [0, 0.05) is 25.2 Å². The van der Waals surface area contributed by atoms with Crippen molar-refractivity contribution in [3.8, 4) is 0 Å². The third-order valence-electron chi connectivity index (χ3n) is 12.2. The molecule has 2 aliphatic rings. The number of Topliss-reactive ketones (excluding diaryl/α,β-unsaturated/α-hetero) is 1. The standard InChI is InChI=1S/C43H56O10/c1-11-26(4)34(46)35(47)38(52-29(7)45)42(24-51-28(6)44)22-32(42)33-36(48)43(50,25(2)3)37(53-39(49)30-18-14-12-15-19-30)27(5)41(33,10)23-40(8,9)31-20-16-13-17-21-31/h11-21,27,32-33,35-38,47-48,50H,2,22-24H2,1,3-10H3/b26-11-/t27-,32+,33+,35-,36-,37-,38+,41-,42-,43-/m1/s1. The molecule has 0 aliphatic heterocycles. The Kier molecular flexibility index (Phi) is 12.3. The van der Waals surface area contributed by atoms with Gasteiger partial charge in [0.05, 0.1) is 11.7 Å². The summed E-state index contributed by atoms with van der Waals surface area (Å²) in [5.41, 5.74) is -3.29. The summed E-state index contributed by atoms with van der Waals surface area (Å²) < 4.78 is 17.6. The molecule has 2 aromatic rings. The fourth-order valence-electron chi connectivity index (χ4n) is 9.01. The van der Waals surface area contributed by atoms with Crippen LogP contribution in [0, 0.1) is 28.6 Å². The van der Waals surface area contributed by atoms with Crippen LogP contribution in [0.5, 0.6) is 0 Å². The van der Waals surface area contributed by atoms with Crippen molar-refractivity contribution in [2.24, 2.45) is 28.6 Å². The van der Waals surface area contributed by atoms with Gasteiger partial charge in [-0.15, -0.1) is 0 Å². The van der Waals surface area contributed by atoms with E-state index in [2.05, 4.69) is 20.4 Å². The molecule has 53 heavy (non-hydrogen) atoms. The first kappa shape index (κ1) is 41.6. The van der Waals surface area contributed by atoms with Crippen molar-refractivity contribution in [3.63, 3.8) is 0 Å². The minimum absolute atomic E-state index is 0.161. The fourth-order valence-corrected chi connectivity index (χ4v) is 9.01.